The lowest BCUT2D eigenvalue weighted by Crippen LogP contribution is -2.63. The van der Waals surface area contributed by atoms with Crippen molar-refractivity contribution in [2.24, 2.45) is 11.8 Å². The third kappa shape index (κ3) is 5.16. The van der Waals surface area contributed by atoms with Crippen LogP contribution >= 0.6 is 11.6 Å². The number of aliphatic hydroxyl groups excluding tert-OH is 1. The number of aromatic nitrogens is 1. The van der Waals surface area contributed by atoms with E-state index in [1.165, 1.54) is 0 Å². The van der Waals surface area contributed by atoms with E-state index < -0.39 is 35.0 Å². The number of hydrogen-bond donors (Lipinski definition) is 3. The molecule has 10 nitrogen and oxygen atoms in total. The second-order valence-corrected chi connectivity index (χ2v) is 14.3. The number of Topliss-reactive ketones (excluding diaryl/α,β-unsaturated/α-hetero) is 2. The van der Waals surface area contributed by atoms with Crippen LogP contribution in [-0.4, -0.2) is 58.1 Å². The van der Waals surface area contributed by atoms with Crippen LogP contribution in [0.5, 0.6) is 11.6 Å². The van der Waals surface area contributed by atoms with Crippen molar-refractivity contribution in [3.63, 3.8) is 0 Å². The summed E-state index contributed by atoms with van der Waals surface area (Å²) in [6, 6.07) is 20.2. The molecule has 0 radical (unpaired) electrons. The fraction of sp³-hybridized carbons (Fsp3) is 0.359. The molecular formula is C39H38ClN3O7. The fourth-order valence-corrected chi connectivity index (χ4v) is 8.71. The van der Waals surface area contributed by atoms with E-state index in [2.05, 4.69) is 10.5 Å². The normalized spacial score (nSPS) is 25.6. The van der Waals surface area contributed by atoms with E-state index in [1.807, 2.05) is 71.6 Å². The SMILES string of the molecule is CN(C)[C@@H]1c2onc(OCc3ccccc3)c2C(=O)[C@@]2(O)C(=O)C3=C(O)c4c(OCc5ccccc5)cc(C5CCCN5)c(Cl)c4C[C@H]3C[C@@H]12. The molecule has 2 fully saturated rings. The third-order valence-electron chi connectivity index (χ3n) is 10.7. The van der Waals surface area contributed by atoms with Gasteiger partial charge in [-0.3, -0.25) is 14.5 Å². The van der Waals surface area contributed by atoms with E-state index in [0.717, 1.165) is 36.1 Å². The van der Waals surface area contributed by atoms with Crippen molar-refractivity contribution in [3.05, 3.63) is 116 Å². The fourth-order valence-electron chi connectivity index (χ4n) is 8.35. The van der Waals surface area contributed by atoms with Crippen molar-refractivity contribution in [2.75, 3.05) is 20.6 Å². The van der Waals surface area contributed by atoms with E-state index in [1.54, 1.807) is 14.1 Å². The Hall–Kier alpha value is -4.48. The zero-order valence-corrected chi connectivity index (χ0v) is 28.6. The molecule has 1 aromatic heterocycles. The van der Waals surface area contributed by atoms with Gasteiger partial charge in [0.25, 0.3) is 5.88 Å². The van der Waals surface area contributed by atoms with Crippen LogP contribution in [0.1, 0.15) is 75.3 Å². The Morgan fingerprint density at radius 2 is 1.68 bits per heavy atom. The van der Waals surface area contributed by atoms with Crippen molar-refractivity contribution in [1.82, 2.24) is 15.4 Å². The molecule has 5 atom stereocenters. The standard InChI is InChI=1S/C39H38ClN3O7/c1-43(2)33-26-17-23-16-25-30(28(48-19-21-10-5-3-6-11-21)18-24(32(25)40)27-14-9-15-41-27)34(44)29(23)36(45)39(26,47)37(46)31-35(33)50-42-38(31)49-20-22-12-7-4-8-13-22/h3-8,10-13,18,23,26-27,33,41,44,47H,9,14-17,19-20H2,1-2H3/t23-,26-,27?,33-,39-/m0/s1. The number of halogens is 1. The van der Waals surface area contributed by atoms with Gasteiger partial charge in [0.2, 0.25) is 11.6 Å². The first kappa shape index (κ1) is 32.7. The van der Waals surface area contributed by atoms with Crippen molar-refractivity contribution in [2.45, 2.75) is 56.6 Å². The first-order valence-electron chi connectivity index (χ1n) is 17.0. The van der Waals surface area contributed by atoms with Gasteiger partial charge < -0.3 is 29.5 Å². The number of carbonyl (C=O) groups excluding carboxylic acids is 2. The number of hydrogen-bond acceptors (Lipinski definition) is 10. The minimum Gasteiger partial charge on any atom is -0.507 e. The van der Waals surface area contributed by atoms with Gasteiger partial charge in [0.15, 0.2) is 11.4 Å². The van der Waals surface area contributed by atoms with Gasteiger partial charge >= 0.3 is 0 Å². The molecule has 3 N–H and O–H groups in total. The Balaban J connectivity index is 1.22. The molecule has 3 aromatic carbocycles. The quantitative estimate of drug-likeness (QED) is 0.184. The van der Waals surface area contributed by atoms with Crippen LogP contribution in [0.3, 0.4) is 0 Å². The third-order valence-corrected chi connectivity index (χ3v) is 11.2. The van der Waals surface area contributed by atoms with Crippen molar-refractivity contribution in [1.29, 1.82) is 0 Å². The monoisotopic (exact) mass is 695 g/mol. The molecule has 1 unspecified atom stereocenters. The molecule has 1 aliphatic heterocycles. The summed E-state index contributed by atoms with van der Waals surface area (Å²) in [4.78, 5) is 30.9. The Kier molecular flexibility index (Phi) is 8.30. The number of benzene rings is 3. The molecule has 2 heterocycles. The lowest BCUT2D eigenvalue weighted by molar-refractivity contribution is -0.142. The molecule has 0 amide bonds. The molecule has 1 saturated heterocycles. The Bertz CT molecular complexity index is 2000. The average molecular weight is 696 g/mol. The maximum absolute atomic E-state index is 14.7. The highest BCUT2D eigenvalue weighted by Gasteiger charge is 2.65. The predicted molar refractivity (Wildman–Crippen MR) is 185 cm³/mol. The van der Waals surface area contributed by atoms with Crippen molar-refractivity contribution < 1.29 is 33.8 Å². The minimum atomic E-state index is -2.50. The Morgan fingerprint density at radius 1 is 1.00 bits per heavy atom. The number of aliphatic hydroxyl groups is 2. The summed E-state index contributed by atoms with van der Waals surface area (Å²) in [5.41, 5.74) is 1.10. The molecule has 4 aromatic rings. The number of carbonyl (C=O) groups is 2. The molecule has 258 valence electrons. The zero-order valence-electron chi connectivity index (χ0n) is 27.8. The molecule has 1 saturated carbocycles. The van der Waals surface area contributed by atoms with Crippen LogP contribution in [-0.2, 0) is 24.4 Å². The number of ether oxygens (including phenoxy) is 2. The molecule has 3 aliphatic carbocycles. The summed E-state index contributed by atoms with van der Waals surface area (Å²) >= 11 is 7.18. The van der Waals surface area contributed by atoms with Crippen LogP contribution < -0.4 is 14.8 Å². The highest BCUT2D eigenvalue weighted by atomic mass is 35.5. The van der Waals surface area contributed by atoms with Gasteiger partial charge in [0, 0.05) is 22.6 Å². The van der Waals surface area contributed by atoms with E-state index in [4.69, 9.17) is 25.6 Å². The summed E-state index contributed by atoms with van der Waals surface area (Å²) in [5.74, 6) is -2.90. The van der Waals surface area contributed by atoms with Crippen molar-refractivity contribution >= 4 is 28.9 Å². The molecule has 0 bridgehead atoms. The highest BCUT2D eigenvalue weighted by molar-refractivity contribution is 6.33. The number of nitrogens with zero attached hydrogens (tertiary/aromatic N) is 2. The number of fused-ring (bicyclic) bond motifs is 4. The van der Waals surface area contributed by atoms with Gasteiger partial charge in [-0.05, 0) is 85.7 Å². The molecule has 0 spiro atoms. The van der Waals surface area contributed by atoms with E-state index >= 15 is 0 Å². The Morgan fingerprint density at radius 3 is 2.32 bits per heavy atom. The Labute approximate surface area is 294 Å². The van der Waals surface area contributed by atoms with Gasteiger partial charge in [0.1, 0.15) is 30.3 Å². The first-order chi connectivity index (χ1) is 24.2. The summed E-state index contributed by atoms with van der Waals surface area (Å²) in [6.45, 7) is 1.20. The topological polar surface area (TPSA) is 134 Å². The van der Waals surface area contributed by atoms with E-state index in [0.29, 0.717) is 28.3 Å². The average Bonchev–Trinajstić information content (AvgIpc) is 3.81. The van der Waals surface area contributed by atoms with Crippen molar-refractivity contribution in [3.8, 4) is 11.6 Å². The van der Waals surface area contributed by atoms with Gasteiger partial charge in [0.05, 0.1) is 11.6 Å². The van der Waals surface area contributed by atoms with Gasteiger partial charge in [-0.1, -0.05) is 72.3 Å². The molecule has 4 aliphatic rings. The number of nitrogens with one attached hydrogen (secondary N) is 1. The van der Waals surface area contributed by atoms with Crippen LogP contribution in [0, 0.1) is 11.8 Å². The summed E-state index contributed by atoms with van der Waals surface area (Å²) < 4.78 is 18.1. The van der Waals surface area contributed by atoms with Gasteiger partial charge in [-0.2, -0.15) is 0 Å². The zero-order chi connectivity index (χ0) is 34.7. The maximum Gasteiger partial charge on any atom is 0.265 e. The largest absolute Gasteiger partial charge is 0.507 e. The smallest absolute Gasteiger partial charge is 0.265 e. The van der Waals surface area contributed by atoms with Crippen LogP contribution in [0.4, 0.5) is 0 Å². The lowest BCUT2D eigenvalue weighted by Gasteiger charge is -2.49. The van der Waals surface area contributed by atoms with Gasteiger partial charge in [-0.15, -0.1) is 0 Å². The summed E-state index contributed by atoms with van der Waals surface area (Å²) in [5, 5.41) is 32.7. The predicted octanol–water partition coefficient (Wildman–Crippen LogP) is 6.17. The van der Waals surface area contributed by atoms with Crippen LogP contribution in [0.25, 0.3) is 5.76 Å². The molecule has 11 heteroatoms. The number of ketones is 2. The maximum atomic E-state index is 14.7. The first-order valence-corrected chi connectivity index (χ1v) is 17.4. The molecular weight excluding hydrogens is 658 g/mol. The summed E-state index contributed by atoms with van der Waals surface area (Å²) in [7, 11) is 3.60. The number of rotatable bonds is 8. The second-order valence-electron chi connectivity index (χ2n) is 13.9. The van der Waals surface area contributed by atoms with E-state index in [-0.39, 0.29) is 54.2 Å². The highest BCUT2D eigenvalue weighted by Crippen LogP contribution is 2.57. The van der Waals surface area contributed by atoms with Gasteiger partial charge in [-0.25, -0.2) is 0 Å². The lowest BCUT2D eigenvalue weighted by atomic mass is 9.57. The van der Waals surface area contributed by atoms with Crippen LogP contribution in [0.15, 0.2) is 76.8 Å². The summed E-state index contributed by atoms with van der Waals surface area (Å²) in [6.07, 6.45) is 2.44. The van der Waals surface area contributed by atoms with E-state index in [9.17, 15) is 19.8 Å². The second kappa shape index (κ2) is 12.7. The minimum absolute atomic E-state index is 0.00105. The molecule has 8 rings (SSSR count). The molecule has 50 heavy (non-hydrogen) atoms. The van der Waals surface area contributed by atoms with Crippen LogP contribution in [0.2, 0.25) is 5.02 Å².